The first-order valence-electron chi connectivity index (χ1n) is 6.44. The molecule has 2 rings (SSSR count). The number of nitrogens with one attached hydrogen (secondary N) is 1. The van der Waals surface area contributed by atoms with Gasteiger partial charge in [-0.1, -0.05) is 47.2 Å². The van der Waals surface area contributed by atoms with Crippen molar-refractivity contribution in [1.82, 2.24) is 0 Å². The van der Waals surface area contributed by atoms with Crippen molar-refractivity contribution < 1.29 is 4.79 Å². The number of hydrogen-bond acceptors (Lipinski definition) is 2. The number of alkyl halides is 2. The molecule has 0 atom stereocenters. The summed E-state index contributed by atoms with van der Waals surface area (Å²) in [4.78, 5) is 10.0. The van der Waals surface area contributed by atoms with E-state index in [0.29, 0.717) is 16.9 Å². The number of nitrogen functional groups attached to an aromatic ring is 1. The first kappa shape index (κ1) is 18.5. The van der Waals surface area contributed by atoms with E-state index in [4.69, 9.17) is 41.8 Å². The van der Waals surface area contributed by atoms with Gasteiger partial charge in [0.2, 0.25) is 0 Å². The highest BCUT2D eigenvalue weighted by Gasteiger charge is 2.10. The van der Waals surface area contributed by atoms with E-state index in [0.717, 1.165) is 5.56 Å². The first-order chi connectivity index (χ1) is 11.0. The Kier molecular flexibility index (Phi) is 7.57. The zero-order valence-corrected chi connectivity index (χ0v) is 13.6. The zero-order valence-electron chi connectivity index (χ0n) is 12.1. The van der Waals surface area contributed by atoms with Gasteiger partial charge in [-0.05, 0) is 36.4 Å². The summed E-state index contributed by atoms with van der Waals surface area (Å²) in [6, 6.07) is 14.1. The van der Waals surface area contributed by atoms with Gasteiger partial charge in [-0.2, -0.15) is 0 Å². The van der Waals surface area contributed by atoms with Gasteiger partial charge < -0.3 is 11.1 Å². The van der Waals surface area contributed by atoms with Crippen LogP contribution in [0.4, 0.5) is 11.4 Å². The van der Waals surface area contributed by atoms with Gasteiger partial charge in [0, 0.05) is 22.5 Å². The standard InChI is InChI=1S/C10H7Cl2NO.C8H7N/c1-2-7-4-3-5-8(6-7)13-10(14)9(11)12;1-2-7-4-3-5-8(9)6-7/h1,3-6,9H,(H,13,14);1,3-6H,9H2. The lowest BCUT2D eigenvalue weighted by atomic mass is 10.2. The SMILES string of the molecule is C#Cc1cccc(N)c1.C#Cc1cccc(NC(=O)C(Cl)Cl)c1. The maximum absolute atomic E-state index is 11.1. The van der Waals surface area contributed by atoms with Crippen LogP contribution in [0.3, 0.4) is 0 Å². The molecule has 0 fully saturated rings. The van der Waals surface area contributed by atoms with Crippen LogP contribution in [0.25, 0.3) is 0 Å². The molecule has 5 heteroatoms. The van der Waals surface area contributed by atoms with Crippen molar-refractivity contribution >= 4 is 40.5 Å². The molecule has 1 amide bonds. The van der Waals surface area contributed by atoms with Crippen LogP contribution in [-0.2, 0) is 4.79 Å². The summed E-state index contributed by atoms with van der Waals surface area (Å²) in [6.07, 6.45) is 10.3. The molecule has 0 bridgehead atoms. The average Bonchev–Trinajstić information content (AvgIpc) is 2.55. The minimum atomic E-state index is -1.08. The van der Waals surface area contributed by atoms with E-state index >= 15 is 0 Å². The fourth-order valence-corrected chi connectivity index (χ4v) is 1.62. The third-order valence-electron chi connectivity index (χ3n) is 2.55. The summed E-state index contributed by atoms with van der Waals surface area (Å²) >= 11 is 10.7. The summed E-state index contributed by atoms with van der Waals surface area (Å²) in [5, 5.41) is 2.52. The Morgan fingerprint density at radius 3 is 2.09 bits per heavy atom. The fourth-order valence-electron chi connectivity index (χ4n) is 1.51. The Morgan fingerprint density at radius 2 is 1.61 bits per heavy atom. The molecule has 0 aliphatic heterocycles. The number of amides is 1. The molecule has 0 saturated heterocycles. The van der Waals surface area contributed by atoms with E-state index in [1.165, 1.54) is 0 Å². The topological polar surface area (TPSA) is 55.1 Å². The fraction of sp³-hybridized carbons (Fsp3) is 0.0556. The average molecular weight is 345 g/mol. The van der Waals surface area contributed by atoms with E-state index in [9.17, 15) is 4.79 Å². The van der Waals surface area contributed by atoms with E-state index in [1.54, 1.807) is 36.4 Å². The Bertz CT molecular complexity index is 758. The van der Waals surface area contributed by atoms with Crippen LogP contribution in [-0.4, -0.2) is 10.7 Å². The summed E-state index contributed by atoms with van der Waals surface area (Å²) in [5.41, 5.74) is 8.24. The molecule has 0 unspecified atom stereocenters. The summed E-state index contributed by atoms with van der Waals surface area (Å²) in [6.45, 7) is 0. The molecule has 23 heavy (non-hydrogen) atoms. The van der Waals surface area contributed by atoms with Gasteiger partial charge in [0.05, 0.1) is 0 Å². The van der Waals surface area contributed by atoms with Gasteiger partial charge in [-0.25, -0.2) is 0 Å². The minimum absolute atomic E-state index is 0.470. The van der Waals surface area contributed by atoms with Crippen LogP contribution in [0.1, 0.15) is 11.1 Å². The first-order valence-corrected chi connectivity index (χ1v) is 7.31. The normalized spacial score (nSPS) is 9.09. The van der Waals surface area contributed by atoms with Crippen LogP contribution in [0.5, 0.6) is 0 Å². The van der Waals surface area contributed by atoms with Crippen molar-refractivity contribution in [1.29, 1.82) is 0 Å². The predicted octanol–water partition coefficient (Wildman–Crippen LogP) is 3.66. The predicted molar refractivity (Wildman–Crippen MR) is 97.3 cm³/mol. The molecule has 116 valence electrons. The van der Waals surface area contributed by atoms with Crippen LogP contribution in [0, 0.1) is 24.7 Å². The molecule has 0 radical (unpaired) electrons. The number of anilines is 2. The van der Waals surface area contributed by atoms with Crippen molar-refractivity contribution in [2.45, 2.75) is 4.84 Å². The molecule has 3 N–H and O–H groups in total. The van der Waals surface area contributed by atoms with Crippen LogP contribution < -0.4 is 11.1 Å². The lowest BCUT2D eigenvalue weighted by Gasteiger charge is -2.05. The molecule has 0 aliphatic carbocycles. The number of carbonyl (C=O) groups is 1. The lowest BCUT2D eigenvalue weighted by molar-refractivity contribution is -0.114. The largest absolute Gasteiger partial charge is 0.399 e. The van der Waals surface area contributed by atoms with Crippen molar-refractivity contribution in [3.63, 3.8) is 0 Å². The van der Waals surface area contributed by atoms with Crippen molar-refractivity contribution in [2.75, 3.05) is 11.1 Å². The summed E-state index contributed by atoms with van der Waals surface area (Å²) in [5.74, 6) is 4.47. The van der Waals surface area contributed by atoms with Crippen LogP contribution >= 0.6 is 23.2 Å². The summed E-state index contributed by atoms with van der Waals surface area (Å²) in [7, 11) is 0. The van der Waals surface area contributed by atoms with Crippen LogP contribution in [0.15, 0.2) is 48.5 Å². The van der Waals surface area contributed by atoms with Crippen molar-refractivity contribution in [3.8, 4) is 24.7 Å². The van der Waals surface area contributed by atoms with E-state index < -0.39 is 10.7 Å². The number of carbonyl (C=O) groups excluding carboxylic acids is 1. The lowest BCUT2D eigenvalue weighted by Crippen LogP contribution is -2.18. The number of terminal acetylenes is 2. The summed E-state index contributed by atoms with van der Waals surface area (Å²) < 4.78 is 0. The molecule has 2 aromatic carbocycles. The third kappa shape index (κ3) is 6.80. The second-order valence-electron chi connectivity index (χ2n) is 4.28. The highest BCUT2D eigenvalue weighted by Crippen LogP contribution is 2.12. The maximum Gasteiger partial charge on any atom is 0.257 e. The minimum Gasteiger partial charge on any atom is -0.399 e. The smallest absolute Gasteiger partial charge is 0.257 e. The zero-order chi connectivity index (χ0) is 17.2. The maximum atomic E-state index is 11.1. The van der Waals surface area contributed by atoms with Gasteiger partial charge in [0.1, 0.15) is 0 Å². The van der Waals surface area contributed by atoms with E-state index in [1.807, 2.05) is 12.1 Å². The quantitative estimate of drug-likeness (QED) is 0.496. The molecule has 0 saturated carbocycles. The number of nitrogens with two attached hydrogens (primary N) is 1. The Balaban J connectivity index is 0.000000253. The highest BCUT2D eigenvalue weighted by atomic mass is 35.5. The van der Waals surface area contributed by atoms with Gasteiger partial charge in [0.15, 0.2) is 4.84 Å². The highest BCUT2D eigenvalue weighted by molar-refractivity contribution is 6.54. The molecule has 0 spiro atoms. The number of benzene rings is 2. The van der Waals surface area contributed by atoms with Crippen molar-refractivity contribution in [2.24, 2.45) is 0 Å². The molecular weight excluding hydrogens is 331 g/mol. The number of rotatable bonds is 2. The molecule has 3 nitrogen and oxygen atoms in total. The Labute approximate surface area is 145 Å². The molecule has 0 aromatic heterocycles. The number of halogens is 2. The Hall–Kier alpha value is -2.59. The molecule has 0 heterocycles. The molecule has 2 aromatic rings. The Morgan fingerprint density at radius 1 is 1.04 bits per heavy atom. The molecule has 0 aliphatic rings. The van der Waals surface area contributed by atoms with Crippen molar-refractivity contribution in [3.05, 3.63) is 59.7 Å². The van der Waals surface area contributed by atoms with Crippen LogP contribution in [0.2, 0.25) is 0 Å². The number of hydrogen-bond donors (Lipinski definition) is 2. The van der Waals surface area contributed by atoms with Gasteiger partial charge in [-0.15, -0.1) is 12.8 Å². The second kappa shape index (κ2) is 9.43. The second-order valence-corrected chi connectivity index (χ2v) is 5.38. The van der Waals surface area contributed by atoms with E-state index in [-0.39, 0.29) is 0 Å². The monoisotopic (exact) mass is 344 g/mol. The van der Waals surface area contributed by atoms with Gasteiger partial charge in [0.25, 0.3) is 5.91 Å². The third-order valence-corrected chi connectivity index (χ3v) is 2.94. The van der Waals surface area contributed by atoms with E-state index in [2.05, 4.69) is 17.2 Å². The van der Waals surface area contributed by atoms with Gasteiger partial charge in [-0.3, -0.25) is 4.79 Å². The molecular formula is C18H14Cl2N2O. The van der Waals surface area contributed by atoms with Gasteiger partial charge >= 0.3 is 0 Å².